The molecule has 8 nitrogen and oxygen atoms in total. The second-order valence-electron chi connectivity index (χ2n) is 8.28. The van der Waals surface area contributed by atoms with Crippen molar-refractivity contribution in [2.24, 2.45) is 4.99 Å². The van der Waals surface area contributed by atoms with E-state index in [-0.39, 0.29) is 12.5 Å². The highest BCUT2D eigenvalue weighted by Gasteiger charge is 2.50. The summed E-state index contributed by atoms with van der Waals surface area (Å²) in [5.41, 5.74) is 2.03. The summed E-state index contributed by atoms with van der Waals surface area (Å²) in [6.07, 6.45) is 4.87. The van der Waals surface area contributed by atoms with Gasteiger partial charge in [0.2, 0.25) is 0 Å². The molecule has 0 spiro atoms. The standard InChI is InChI=1S/C26H22N4O4/c1-34-21-12-8-18-15-30(23(31)22(18)14-21)16-26(24(32)28-25(33)29-26)19-9-5-17(6-10-19)7-11-20-4-2-3-13-27-20/h2,4-6,8-10,12,14H,3,13,15-16H2,1H3,(H2,28,29,32,33)/t26-/m1/s1. The Bertz CT molecular complexity index is 1320. The Balaban J connectivity index is 1.42. The largest absolute Gasteiger partial charge is 0.497 e. The number of amides is 4. The minimum Gasteiger partial charge on any atom is -0.497 e. The summed E-state index contributed by atoms with van der Waals surface area (Å²) in [5, 5.41) is 5.07. The number of carbonyl (C=O) groups is 3. The first kappa shape index (κ1) is 21.5. The van der Waals surface area contributed by atoms with E-state index < -0.39 is 17.5 Å². The summed E-state index contributed by atoms with van der Waals surface area (Å²) in [6, 6.07) is 11.8. The Morgan fingerprint density at radius 2 is 1.94 bits per heavy atom. The van der Waals surface area contributed by atoms with Gasteiger partial charge >= 0.3 is 6.03 Å². The lowest BCUT2D eigenvalue weighted by atomic mass is 9.88. The van der Waals surface area contributed by atoms with Gasteiger partial charge in [0, 0.05) is 24.2 Å². The Kier molecular flexibility index (Phi) is 5.38. The van der Waals surface area contributed by atoms with Crippen LogP contribution in [0.25, 0.3) is 0 Å². The zero-order valence-electron chi connectivity index (χ0n) is 18.6. The van der Waals surface area contributed by atoms with Crippen molar-refractivity contribution in [3.8, 4) is 17.6 Å². The van der Waals surface area contributed by atoms with Gasteiger partial charge in [-0.15, -0.1) is 0 Å². The minimum absolute atomic E-state index is 0.00692. The van der Waals surface area contributed by atoms with E-state index >= 15 is 0 Å². The summed E-state index contributed by atoms with van der Waals surface area (Å²) in [5.74, 6) is 5.98. The van der Waals surface area contributed by atoms with Crippen LogP contribution in [0.4, 0.5) is 4.79 Å². The average molecular weight is 454 g/mol. The van der Waals surface area contributed by atoms with Gasteiger partial charge in [-0.25, -0.2) is 4.79 Å². The van der Waals surface area contributed by atoms with Crippen LogP contribution in [0.2, 0.25) is 0 Å². The number of rotatable bonds is 4. The van der Waals surface area contributed by atoms with E-state index in [1.54, 1.807) is 48.4 Å². The van der Waals surface area contributed by atoms with Crippen LogP contribution in [-0.4, -0.2) is 48.7 Å². The SMILES string of the molecule is COc1ccc2c(c1)C(=O)N(C[C@]1(c3ccc(C#CC4=NCCC=C4)cc3)NC(=O)NC1=O)C2. The molecular formula is C26H22N4O4. The topological polar surface area (TPSA) is 100 Å². The maximum atomic E-state index is 13.1. The van der Waals surface area contributed by atoms with Crippen molar-refractivity contribution in [2.75, 3.05) is 20.2 Å². The molecule has 170 valence electrons. The van der Waals surface area contributed by atoms with Crippen molar-refractivity contribution in [1.82, 2.24) is 15.5 Å². The fraction of sp³-hybridized carbons (Fsp3) is 0.231. The van der Waals surface area contributed by atoms with Crippen molar-refractivity contribution in [3.05, 3.63) is 76.9 Å². The molecule has 2 aromatic rings. The molecule has 34 heavy (non-hydrogen) atoms. The van der Waals surface area contributed by atoms with Crippen LogP contribution in [0.1, 0.15) is 33.5 Å². The molecule has 1 saturated heterocycles. The Morgan fingerprint density at radius 1 is 1.12 bits per heavy atom. The van der Waals surface area contributed by atoms with Gasteiger partial charge in [0.25, 0.3) is 11.8 Å². The second-order valence-corrected chi connectivity index (χ2v) is 8.28. The number of nitrogens with one attached hydrogen (secondary N) is 2. The highest BCUT2D eigenvalue weighted by Crippen LogP contribution is 2.32. The van der Waals surface area contributed by atoms with Crippen LogP contribution in [0.3, 0.4) is 0 Å². The van der Waals surface area contributed by atoms with Gasteiger partial charge in [-0.05, 0) is 53.8 Å². The molecule has 1 fully saturated rings. The van der Waals surface area contributed by atoms with Gasteiger partial charge < -0.3 is 15.0 Å². The van der Waals surface area contributed by atoms with Gasteiger partial charge in [-0.3, -0.25) is 19.9 Å². The molecule has 0 bridgehead atoms. The van der Waals surface area contributed by atoms with E-state index in [0.29, 0.717) is 23.4 Å². The van der Waals surface area contributed by atoms with Gasteiger partial charge in [-0.1, -0.05) is 30.2 Å². The molecule has 3 heterocycles. The molecule has 3 aliphatic heterocycles. The third kappa shape index (κ3) is 3.82. The van der Waals surface area contributed by atoms with Crippen LogP contribution < -0.4 is 15.4 Å². The van der Waals surface area contributed by atoms with Crippen LogP contribution in [0.15, 0.2) is 59.6 Å². The highest BCUT2D eigenvalue weighted by atomic mass is 16.5. The first-order valence-electron chi connectivity index (χ1n) is 10.9. The number of ether oxygens (including phenoxy) is 1. The lowest BCUT2D eigenvalue weighted by Crippen LogP contribution is -2.52. The van der Waals surface area contributed by atoms with Crippen LogP contribution in [0.5, 0.6) is 5.75 Å². The average Bonchev–Trinajstić information content (AvgIpc) is 3.33. The normalized spacial score (nSPS) is 20.8. The zero-order valence-corrected chi connectivity index (χ0v) is 18.6. The van der Waals surface area contributed by atoms with Gasteiger partial charge in [0.1, 0.15) is 11.5 Å². The highest BCUT2D eigenvalue weighted by molar-refractivity contribution is 6.09. The molecule has 8 heteroatoms. The molecule has 4 amide bonds. The molecule has 0 unspecified atom stereocenters. The third-order valence-electron chi connectivity index (χ3n) is 6.13. The number of benzene rings is 2. The Hall–Kier alpha value is -4.38. The molecule has 1 atom stereocenters. The van der Waals surface area contributed by atoms with Crippen molar-refractivity contribution in [2.45, 2.75) is 18.5 Å². The number of hydrogen-bond acceptors (Lipinski definition) is 5. The number of fused-ring (bicyclic) bond motifs is 1. The summed E-state index contributed by atoms with van der Waals surface area (Å²) in [7, 11) is 1.54. The molecule has 0 aromatic heterocycles. The zero-order chi connectivity index (χ0) is 23.7. The maximum Gasteiger partial charge on any atom is 0.322 e. The van der Waals surface area contributed by atoms with Crippen molar-refractivity contribution in [3.63, 3.8) is 0 Å². The van der Waals surface area contributed by atoms with Crippen molar-refractivity contribution < 1.29 is 19.1 Å². The molecule has 0 aliphatic carbocycles. The number of methoxy groups -OCH3 is 1. The second kappa shape index (κ2) is 8.52. The van der Waals surface area contributed by atoms with E-state index in [9.17, 15) is 14.4 Å². The third-order valence-corrected chi connectivity index (χ3v) is 6.13. The predicted molar refractivity (Wildman–Crippen MR) is 125 cm³/mol. The van der Waals surface area contributed by atoms with Gasteiger partial charge in [0.05, 0.1) is 13.7 Å². The summed E-state index contributed by atoms with van der Waals surface area (Å²) in [4.78, 5) is 44.1. The minimum atomic E-state index is -1.40. The Morgan fingerprint density at radius 3 is 2.62 bits per heavy atom. The quantitative estimate of drug-likeness (QED) is 0.546. The monoisotopic (exact) mass is 454 g/mol. The lowest BCUT2D eigenvalue weighted by Gasteiger charge is -2.31. The van der Waals surface area contributed by atoms with Crippen LogP contribution in [-0.2, 0) is 16.9 Å². The number of hydrogen-bond donors (Lipinski definition) is 2. The number of carbonyl (C=O) groups excluding carboxylic acids is 3. The molecule has 0 radical (unpaired) electrons. The van der Waals surface area contributed by atoms with E-state index in [0.717, 1.165) is 29.8 Å². The number of nitrogens with zero attached hydrogens (tertiary/aromatic N) is 2. The fourth-order valence-corrected chi connectivity index (χ4v) is 4.34. The molecule has 3 aliphatic rings. The van der Waals surface area contributed by atoms with E-state index in [1.165, 1.54) is 0 Å². The van der Waals surface area contributed by atoms with E-state index in [2.05, 4.69) is 27.5 Å². The number of aliphatic imine (C=N–C) groups is 1. The fourth-order valence-electron chi connectivity index (χ4n) is 4.34. The smallest absolute Gasteiger partial charge is 0.322 e. The molecule has 2 aromatic carbocycles. The molecule has 0 saturated carbocycles. The number of imide groups is 1. The number of allylic oxidation sites excluding steroid dienone is 1. The first-order valence-corrected chi connectivity index (χ1v) is 10.9. The lowest BCUT2D eigenvalue weighted by molar-refractivity contribution is -0.124. The maximum absolute atomic E-state index is 13.1. The van der Waals surface area contributed by atoms with Gasteiger partial charge in [0.15, 0.2) is 5.54 Å². The molecule has 2 N–H and O–H groups in total. The summed E-state index contributed by atoms with van der Waals surface area (Å²) in [6.45, 7) is 1.07. The summed E-state index contributed by atoms with van der Waals surface area (Å²) >= 11 is 0. The summed E-state index contributed by atoms with van der Waals surface area (Å²) < 4.78 is 5.23. The number of urea groups is 1. The van der Waals surface area contributed by atoms with E-state index in [4.69, 9.17) is 4.74 Å². The number of dihydropyridines is 1. The van der Waals surface area contributed by atoms with Crippen LogP contribution >= 0.6 is 0 Å². The first-order chi connectivity index (χ1) is 16.5. The van der Waals surface area contributed by atoms with Crippen LogP contribution in [0, 0.1) is 11.8 Å². The van der Waals surface area contributed by atoms with Crippen molar-refractivity contribution in [1.29, 1.82) is 0 Å². The van der Waals surface area contributed by atoms with Gasteiger partial charge in [-0.2, -0.15) is 0 Å². The predicted octanol–water partition coefficient (Wildman–Crippen LogP) is 2.14. The molecular weight excluding hydrogens is 432 g/mol. The molecule has 5 rings (SSSR count). The Labute approximate surface area is 196 Å². The van der Waals surface area contributed by atoms with Crippen molar-refractivity contribution >= 4 is 23.6 Å². The van der Waals surface area contributed by atoms with E-state index in [1.807, 2.05) is 18.2 Å².